The minimum Gasteiger partial charge on any atom is -0.504 e. The van der Waals surface area contributed by atoms with Gasteiger partial charge in [0.15, 0.2) is 23.0 Å². The molecule has 0 spiro atoms. The Hall–Kier alpha value is -1.93. The Balaban J connectivity index is 2.06. The molecule has 2 aliphatic rings. The summed E-state index contributed by atoms with van der Waals surface area (Å²) >= 11 is 0. The quantitative estimate of drug-likeness (QED) is 0.244. The molecule has 1 aromatic rings. The van der Waals surface area contributed by atoms with Crippen molar-refractivity contribution in [2.45, 2.75) is 59.8 Å². The van der Waals surface area contributed by atoms with E-state index in [2.05, 4.69) is 31.0 Å². The highest BCUT2D eigenvalue weighted by Gasteiger charge is 2.52. The lowest BCUT2D eigenvalue weighted by Crippen LogP contribution is -2.49. The molecule has 29 heavy (non-hydrogen) atoms. The van der Waals surface area contributed by atoms with Crippen LogP contribution in [0.5, 0.6) is 23.0 Å². The summed E-state index contributed by atoms with van der Waals surface area (Å²) in [5.74, 6) is -1.96. The van der Waals surface area contributed by atoms with Crippen molar-refractivity contribution in [2.75, 3.05) is 0 Å². The molecule has 3 atom stereocenters. The first-order chi connectivity index (χ1) is 13.3. The van der Waals surface area contributed by atoms with Crippen molar-refractivity contribution in [3.05, 3.63) is 23.3 Å². The molecule has 2 aliphatic carbocycles. The number of aromatic hydroxyl groups is 3. The fourth-order valence-corrected chi connectivity index (χ4v) is 6.14. The maximum absolute atomic E-state index is 11.1. The minimum absolute atomic E-state index is 0.00616. The molecule has 1 saturated carbocycles. The zero-order valence-electron chi connectivity index (χ0n) is 17.3. The van der Waals surface area contributed by atoms with Crippen molar-refractivity contribution in [3.8, 4) is 23.0 Å². The third-order valence-corrected chi connectivity index (χ3v) is 7.61. The van der Waals surface area contributed by atoms with E-state index >= 15 is 0 Å². The van der Waals surface area contributed by atoms with Gasteiger partial charge in [-0.1, -0.05) is 38.8 Å². The Bertz CT molecular complexity index is 948. The van der Waals surface area contributed by atoms with Gasteiger partial charge in [-0.2, -0.15) is 8.42 Å². The van der Waals surface area contributed by atoms with Gasteiger partial charge in [0.25, 0.3) is 0 Å². The third-order valence-electron chi connectivity index (χ3n) is 7.22. The Kier molecular flexibility index (Phi) is 5.32. The fraction of sp³-hybridized carbons (Fsp3) is 0.619. The lowest BCUT2D eigenvalue weighted by Gasteiger charge is -2.57. The fourth-order valence-electron chi connectivity index (χ4n) is 5.78. The number of fused-ring (bicyclic) bond motifs is 1. The Labute approximate surface area is 172 Å². The maximum Gasteiger partial charge on any atom is 0.446 e. The molecule has 3 rings (SSSR count). The van der Waals surface area contributed by atoms with Crippen LogP contribution in [0.15, 0.2) is 17.7 Å². The predicted octanol–water partition coefficient (Wildman–Crippen LogP) is 4.33. The van der Waals surface area contributed by atoms with Crippen molar-refractivity contribution >= 4 is 10.4 Å². The van der Waals surface area contributed by atoms with E-state index in [4.69, 9.17) is 4.55 Å². The lowest BCUT2D eigenvalue weighted by molar-refractivity contribution is -0.0370. The first-order valence-corrected chi connectivity index (χ1v) is 11.2. The molecule has 0 amide bonds. The van der Waals surface area contributed by atoms with E-state index in [0.29, 0.717) is 5.92 Å². The highest BCUT2D eigenvalue weighted by Crippen LogP contribution is 2.61. The van der Waals surface area contributed by atoms with Crippen LogP contribution in [0.3, 0.4) is 0 Å². The molecular weight excluding hydrogens is 396 g/mol. The minimum atomic E-state index is -4.90. The van der Waals surface area contributed by atoms with Gasteiger partial charge in [-0.05, 0) is 55.3 Å². The molecule has 0 saturated heterocycles. The maximum atomic E-state index is 11.1. The van der Waals surface area contributed by atoms with Gasteiger partial charge in [0.1, 0.15) is 0 Å². The molecule has 0 bridgehead atoms. The van der Waals surface area contributed by atoms with Crippen molar-refractivity contribution in [1.82, 2.24) is 0 Å². The summed E-state index contributed by atoms with van der Waals surface area (Å²) in [6.07, 6.45) is 6.61. The first-order valence-electron chi connectivity index (χ1n) is 9.86. The molecule has 0 aromatic heterocycles. The van der Waals surface area contributed by atoms with E-state index in [0.717, 1.165) is 37.3 Å². The van der Waals surface area contributed by atoms with Crippen molar-refractivity contribution in [2.24, 2.45) is 22.7 Å². The second-order valence-corrected chi connectivity index (χ2v) is 10.4. The molecule has 4 N–H and O–H groups in total. The monoisotopic (exact) mass is 426 g/mol. The van der Waals surface area contributed by atoms with Gasteiger partial charge in [-0.25, -0.2) is 0 Å². The normalized spacial score (nSPS) is 29.1. The summed E-state index contributed by atoms with van der Waals surface area (Å²) in [7, 11) is -4.90. The summed E-state index contributed by atoms with van der Waals surface area (Å²) in [5.41, 5.74) is 1.23. The number of phenols is 3. The summed E-state index contributed by atoms with van der Waals surface area (Å²) in [5, 5.41) is 31.0. The van der Waals surface area contributed by atoms with Gasteiger partial charge in [0.2, 0.25) is 0 Å². The van der Waals surface area contributed by atoms with E-state index in [1.807, 2.05) is 6.92 Å². The van der Waals surface area contributed by atoms with Crippen LogP contribution in [-0.2, 0) is 16.8 Å². The number of hydrogen-bond acceptors (Lipinski definition) is 6. The van der Waals surface area contributed by atoms with E-state index in [-0.39, 0.29) is 28.7 Å². The van der Waals surface area contributed by atoms with Crippen LogP contribution in [0.25, 0.3) is 0 Å². The van der Waals surface area contributed by atoms with Crippen LogP contribution < -0.4 is 4.18 Å². The Morgan fingerprint density at radius 1 is 1.14 bits per heavy atom. The number of allylic oxidation sites excluding steroid dienone is 2. The number of rotatable bonds is 4. The topological polar surface area (TPSA) is 124 Å². The first kappa shape index (κ1) is 21.8. The van der Waals surface area contributed by atoms with Gasteiger partial charge >= 0.3 is 10.4 Å². The second kappa shape index (κ2) is 7.09. The van der Waals surface area contributed by atoms with Gasteiger partial charge in [0.05, 0.1) is 0 Å². The highest BCUT2D eigenvalue weighted by molar-refractivity contribution is 7.81. The average Bonchev–Trinajstić information content (AvgIpc) is 2.56. The number of hydrogen-bond donors (Lipinski definition) is 4. The molecule has 0 heterocycles. The van der Waals surface area contributed by atoms with E-state index in [1.165, 1.54) is 0 Å². The predicted molar refractivity (Wildman–Crippen MR) is 108 cm³/mol. The van der Waals surface area contributed by atoms with Crippen LogP contribution >= 0.6 is 0 Å². The van der Waals surface area contributed by atoms with Crippen molar-refractivity contribution in [3.63, 3.8) is 0 Å². The Morgan fingerprint density at radius 2 is 1.79 bits per heavy atom. The summed E-state index contributed by atoms with van der Waals surface area (Å²) in [6, 6.07) is 0.764. The van der Waals surface area contributed by atoms with E-state index < -0.39 is 33.4 Å². The van der Waals surface area contributed by atoms with Crippen molar-refractivity contribution in [1.29, 1.82) is 0 Å². The molecule has 162 valence electrons. The summed E-state index contributed by atoms with van der Waals surface area (Å²) in [6.45, 7) is 8.83. The van der Waals surface area contributed by atoms with Crippen LogP contribution in [-0.4, -0.2) is 28.3 Å². The Morgan fingerprint density at radius 3 is 2.41 bits per heavy atom. The summed E-state index contributed by atoms with van der Waals surface area (Å²) in [4.78, 5) is 0. The lowest BCUT2D eigenvalue weighted by atomic mass is 9.48. The van der Waals surface area contributed by atoms with Gasteiger partial charge in [0, 0.05) is 11.6 Å². The van der Waals surface area contributed by atoms with E-state index in [9.17, 15) is 23.7 Å². The molecule has 0 unspecified atom stereocenters. The molecule has 8 heteroatoms. The van der Waals surface area contributed by atoms with Crippen LogP contribution in [0, 0.1) is 22.7 Å². The highest BCUT2D eigenvalue weighted by atomic mass is 32.3. The largest absolute Gasteiger partial charge is 0.504 e. The standard InChI is InChI=1S/C21H30O7S/c1-12-6-7-17-20(2,3)8-5-9-21(17,4)14(12)10-13-18(23)15(22)11-16(19(13)24)28-29(25,26)27/h6,11,14,17,22-24H,5,7-10H2,1-4H3,(H,25,26,27)/t14-,17+,21-/m1/s1. The SMILES string of the molecule is CC1=CC[C@H]2C(C)(C)CCC[C@]2(C)[C@@H]1Cc1c(O)c(O)cc(OS(=O)(=O)O)c1O. The summed E-state index contributed by atoms with van der Waals surface area (Å²) < 4.78 is 35.5. The molecule has 0 radical (unpaired) electrons. The number of phenolic OH excluding ortho intramolecular Hbond substituents is 3. The molecule has 1 aromatic carbocycles. The molecule has 0 aliphatic heterocycles. The van der Waals surface area contributed by atoms with Crippen LogP contribution in [0.4, 0.5) is 0 Å². The molecular formula is C21H30O7S. The molecule has 1 fully saturated rings. The van der Waals surface area contributed by atoms with E-state index in [1.54, 1.807) is 0 Å². The van der Waals surface area contributed by atoms with Crippen LogP contribution in [0.1, 0.15) is 58.9 Å². The second-order valence-electron chi connectivity index (χ2n) is 9.42. The molecule has 7 nitrogen and oxygen atoms in total. The zero-order chi connectivity index (χ0) is 21.8. The van der Waals surface area contributed by atoms with Crippen molar-refractivity contribution < 1.29 is 32.5 Å². The average molecular weight is 427 g/mol. The third kappa shape index (κ3) is 3.92. The van der Waals surface area contributed by atoms with Gasteiger partial charge in [-0.15, -0.1) is 0 Å². The van der Waals surface area contributed by atoms with Crippen LogP contribution in [0.2, 0.25) is 0 Å². The smallest absolute Gasteiger partial charge is 0.446 e. The zero-order valence-corrected chi connectivity index (χ0v) is 18.1. The van der Waals surface area contributed by atoms with Gasteiger partial charge in [-0.3, -0.25) is 4.55 Å². The number of benzene rings is 1. The van der Waals surface area contributed by atoms with Gasteiger partial charge < -0.3 is 19.5 Å².